The second-order valence-corrected chi connectivity index (χ2v) is 8.15. The number of esters is 1. The number of fused-ring (bicyclic) bond motifs is 1. The summed E-state index contributed by atoms with van der Waals surface area (Å²) in [7, 11) is 2.80. The Balaban J connectivity index is 2.00. The zero-order valence-electron chi connectivity index (χ0n) is 17.8. The first-order valence-corrected chi connectivity index (χ1v) is 10.3. The van der Waals surface area contributed by atoms with Crippen molar-refractivity contribution in [2.75, 3.05) is 40.4 Å². The summed E-state index contributed by atoms with van der Waals surface area (Å²) in [6, 6.07) is 0.797. The summed E-state index contributed by atoms with van der Waals surface area (Å²) in [4.78, 5) is 42.3. The third kappa shape index (κ3) is 4.32. The largest absolute Gasteiger partial charge is 0.496 e. The van der Waals surface area contributed by atoms with Crippen molar-refractivity contribution < 1.29 is 19.1 Å². The van der Waals surface area contributed by atoms with Crippen LogP contribution in [0.3, 0.4) is 0 Å². The van der Waals surface area contributed by atoms with Crippen LogP contribution in [-0.4, -0.2) is 72.7 Å². The first-order chi connectivity index (χ1) is 13.9. The van der Waals surface area contributed by atoms with Gasteiger partial charge in [-0.2, -0.15) is 0 Å². The van der Waals surface area contributed by atoms with Crippen molar-refractivity contribution in [3.05, 3.63) is 27.7 Å². The predicted molar refractivity (Wildman–Crippen MR) is 108 cm³/mol. The van der Waals surface area contributed by atoms with E-state index in [2.05, 4.69) is 18.7 Å². The van der Waals surface area contributed by atoms with Gasteiger partial charge in [-0.25, -0.2) is 4.79 Å². The molecular weight excluding hydrogens is 374 g/mol. The Morgan fingerprint density at radius 1 is 1.17 bits per heavy atom. The highest BCUT2D eigenvalue weighted by molar-refractivity contribution is 6.00. The zero-order chi connectivity index (χ0) is 21.1. The molecule has 0 N–H and O–H groups in total. The minimum atomic E-state index is -0.590. The molecule has 1 aromatic rings. The summed E-state index contributed by atoms with van der Waals surface area (Å²) in [5.74, 6) is 0.126. The summed E-state index contributed by atoms with van der Waals surface area (Å²) >= 11 is 0. The molecule has 0 unspecified atom stereocenters. The molecule has 1 amide bonds. The number of aromatic nitrogens is 1. The summed E-state index contributed by atoms with van der Waals surface area (Å²) < 4.78 is 12.0. The molecular formula is C21H31N3O5. The lowest BCUT2D eigenvalue weighted by Gasteiger charge is -2.25. The van der Waals surface area contributed by atoms with Gasteiger partial charge >= 0.3 is 5.97 Å². The predicted octanol–water partition coefficient (Wildman–Crippen LogP) is 1.15. The van der Waals surface area contributed by atoms with Crippen LogP contribution in [0.1, 0.15) is 42.7 Å². The molecule has 29 heavy (non-hydrogen) atoms. The van der Waals surface area contributed by atoms with Crippen LogP contribution in [0, 0.1) is 5.92 Å². The maximum atomic E-state index is 13.5. The van der Waals surface area contributed by atoms with E-state index in [4.69, 9.17) is 9.47 Å². The lowest BCUT2D eigenvalue weighted by atomic mass is 10.1. The fourth-order valence-electron chi connectivity index (χ4n) is 4.42. The maximum Gasteiger partial charge on any atom is 0.328 e. The number of pyridine rings is 1. The number of carbonyl (C=O) groups excluding carboxylic acids is 2. The lowest BCUT2D eigenvalue weighted by molar-refractivity contribution is -0.145. The second-order valence-electron chi connectivity index (χ2n) is 8.15. The molecule has 1 atom stereocenters. The monoisotopic (exact) mass is 405 g/mol. The summed E-state index contributed by atoms with van der Waals surface area (Å²) in [5.41, 5.74) is 0.932. The van der Waals surface area contributed by atoms with Crippen LogP contribution >= 0.6 is 0 Å². The van der Waals surface area contributed by atoms with Crippen LogP contribution in [0.5, 0.6) is 5.75 Å². The van der Waals surface area contributed by atoms with Crippen molar-refractivity contribution in [1.82, 2.24) is 14.4 Å². The number of methoxy groups -OCH3 is 2. The average molecular weight is 405 g/mol. The van der Waals surface area contributed by atoms with Gasteiger partial charge in [0, 0.05) is 50.9 Å². The number of hydrogen-bond acceptors (Lipinski definition) is 6. The summed E-state index contributed by atoms with van der Waals surface area (Å²) in [6.07, 6.45) is 1.90. The van der Waals surface area contributed by atoms with Gasteiger partial charge in [-0.15, -0.1) is 0 Å². The van der Waals surface area contributed by atoms with Gasteiger partial charge in [0.25, 0.3) is 11.5 Å². The molecule has 8 heteroatoms. The quantitative estimate of drug-likeness (QED) is 0.684. The molecule has 0 aromatic carbocycles. The average Bonchev–Trinajstić information content (AvgIpc) is 3.09. The highest BCUT2D eigenvalue weighted by Gasteiger charge is 2.38. The van der Waals surface area contributed by atoms with E-state index in [1.807, 2.05) is 0 Å². The van der Waals surface area contributed by atoms with Gasteiger partial charge in [0.05, 0.1) is 14.2 Å². The van der Waals surface area contributed by atoms with E-state index in [1.165, 1.54) is 20.3 Å². The molecule has 160 valence electrons. The molecule has 2 aliphatic rings. The van der Waals surface area contributed by atoms with Crippen molar-refractivity contribution in [2.24, 2.45) is 5.92 Å². The zero-order valence-corrected chi connectivity index (χ0v) is 17.8. The van der Waals surface area contributed by atoms with Crippen LogP contribution in [0.25, 0.3) is 0 Å². The molecule has 0 spiro atoms. The second kappa shape index (κ2) is 8.98. The minimum Gasteiger partial charge on any atom is -0.496 e. The first-order valence-electron chi connectivity index (χ1n) is 10.3. The molecule has 0 saturated carbocycles. The molecule has 1 saturated heterocycles. The number of rotatable bonds is 5. The van der Waals surface area contributed by atoms with E-state index in [0.717, 1.165) is 26.1 Å². The third-order valence-corrected chi connectivity index (χ3v) is 5.73. The van der Waals surface area contributed by atoms with E-state index < -0.39 is 12.0 Å². The lowest BCUT2D eigenvalue weighted by Crippen LogP contribution is -2.42. The van der Waals surface area contributed by atoms with Crippen LogP contribution in [0.15, 0.2) is 10.9 Å². The smallest absolute Gasteiger partial charge is 0.328 e. The van der Waals surface area contributed by atoms with Gasteiger partial charge in [0.1, 0.15) is 17.4 Å². The SMILES string of the molecule is COC(=O)[C@@H]1CCCN1C(=O)c1c(OC)cc(=O)n2c1CCN(CC(C)C)CC2. The van der Waals surface area contributed by atoms with Crippen molar-refractivity contribution >= 4 is 11.9 Å². The van der Waals surface area contributed by atoms with Crippen molar-refractivity contribution in [3.8, 4) is 5.75 Å². The van der Waals surface area contributed by atoms with Crippen LogP contribution in [-0.2, 0) is 22.5 Å². The molecule has 8 nitrogen and oxygen atoms in total. The van der Waals surface area contributed by atoms with Gasteiger partial charge in [-0.05, 0) is 18.8 Å². The fourth-order valence-corrected chi connectivity index (χ4v) is 4.42. The maximum absolute atomic E-state index is 13.5. The highest BCUT2D eigenvalue weighted by Crippen LogP contribution is 2.28. The molecule has 2 aliphatic heterocycles. The molecule has 3 rings (SSSR count). The Kier molecular flexibility index (Phi) is 6.62. The Labute approximate surface area is 171 Å². The van der Waals surface area contributed by atoms with Crippen molar-refractivity contribution in [3.63, 3.8) is 0 Å². The van der Waals surface area contributed by atoms with Crippen molar-refractivity contribution in [2.45, 2.75) is 45.7 Å². The standard InChI is InChI=1S/C21H31N3O5/c1-14(2)13-22-9-7-15-19(17(28-3)12-18(25)23(15)11-10-22)20(26)24-8-5-6-16(24)21(27)29-4/h12,14,16H,5-11,13H2,1-4H3/t16-/m0/s1. The number of amides is 1. The van der Waals surface area contributed by atoms with E-state index in [0.29, 0.717) is 43.1 Å². The Bertz CT molecular complexity index is 832. The highest BCUT2D eigenvalue weighted by atomic mass is 16.5. The Morgan fingerprint density at radius 2 is 1.93 bits per heavy atom. The van der Waals surface area contributed by atoms with E-state index in [-0.39, 0.29) is 17.2 Å². The van der Waals surface area contributed by atoms with E-state index in [9.17, 15) is 14.4 Å². The topological polar surface area (TPSA) is 81.1 Å². The number of ether oxygens (including phenoxy) is 2. The van der Waals surface area contributed by atoms with Gasteiger partial charge < -0.3 is 23.8 Å². The molecule has 0 aliphatic carbocycles. The molecule has 1 aromatic heterocycles. The van der Waals surface area contributed by atoms with Crippen LogP contribution < -0.4 is 10.3 Å². The number of hydrogen-bond donors (Lipinski definition) is 0. The van der Waals surface area contributed by atoms with Crippen LogP contribution in [0.4, 0.5) is 0 Å². The molecule has 1 fully saturated rings. The number of nitrogens with zero attached hydrogens (tertiary/aromatic N) is 3. The number of likely N-dealkylation sites (tertiary alicyclic amines) is 1. The Hall–Kier alpha value is -2.35. The van der Waals surface area contributed by atoms with Gasteiger partial charge in [-0.3, -0.25) is 9.59 Å². The first kappa shape index (κ1) is 21.4. The Morgan fingerprint density at radius 3 is 2.59 bits per heavy atom. The molecule has 3 heterocycles. The van der Waals surface area contributed by atoms with Gasteiger partial charge in [0.15, 0.2) is 0 Å². The molecule has 0 bridgehead atoms. The normalized spacial score (nSPS) is 19.8. The third-order valence-electron chi connectivity index (χ3n) is 5.73. The summed E-state index contributed by atoms with van der Waals surface area (Å²) in [5, 5.41) is 0. The minimum absolute atomic E-state index is 0.161. The number of carbonyl (C=O) groups is 2. The van der Waals surface area contributed by atoms with Gasteiger partial charge in [0.2, 0.25) is 0 Å². The van der Waals surface area contributed by atoms with Crippen molar-refractivity contribution in [1.29, 1.82) is 0 Å². The van der Waals surface area contributed by atoms with E-state index in [1.54, 1.807) is 9.47 Å². The fraction of sp³-hybridized carbons (Fsp3) is 0.667. The summed E-state index contributed by atoms with van der Waals surface area (Å²) in [6.45, 7) is 7.83. The van der Waals surface area contributed by atoms with Gasteiger partial charge in [-0.1, -0.05) is 13.8 Å². The van der Waals surface area contributed by atoms with E-state index >= 15 is 0 Å². The molecule has 0 radical (unpaired) electrons. The van der Waals surface area contributed by atoms with Crippen LogP contribution in [0.2, 0.25) is 0 Å².